The SMILES string of the molecule is CCNC(=NCc1nnc2n1CCCC2)N(C)Cc1ccc(Cl)cc1.I. The van der Waals surface area contributed by atoms with E-state index in [0.29, 0.717) is 6.54 Å². The van der Waals surface area contributed by atoms with E-state index in [4.69, 9.17) is 16.6 Å². The second-order valence-electron chi connectivity index (χ2n) is 6.29. The van der Waals surface area contributed by atoms with Gasteiger partial charge in [-0.3, -0.25) is 0 Å². The number of hydrogen-bond donors (Lipinski definition) is 1. The Bertz CT molecular complexity index is 728. The van der Waals surface area contributed by atoms with Crippen molar-refractivity contribution in [3.05, 3.63) is 46.5 Å². The molecule has 0 atom stereocenters. The number of halogens is 2. The predicted octanol–water partition coefficient (Wildman–Crippen LogP) is 3.48. The van der Waals surface area contributed by atoms with Crippen molar-refractivity contribution in [2.45, 2.75) is 45.8 Å². The van der Waals surface area contributed by atoms with Gasteiger partial charge in [0.2, 0.25) is 0 Å². The van der Waals surface area contributed by atoms with Crippen LogP contribution in [0, 0.1) is 0 Å². The second-order valence-corrected chi connectivity index (χ2v) is 6.73. The molecule has 0 saturated carbocycles. The Hall–Kier alpha value is -1.35. The molecule has 2 heterocycles. The average Bonchev–Trinajstić information content (AvgIpc) is 3.04. The fourth-order valence-electron chi connectivity index (χ4n) is 3.04. The first-order valence-corrected chi connectivity index (χ1v) is 9.20. The van der Waals surface area contributed by atoms with Crippen molar-refractivity contribution < 1.29 is 0 Å². The van der Waals surface area contributed by atoms with Gasteiger partial charge in [-0.15, -0.1) is 34.2 Å². The lowest BCUT2D eigenvalue weighted by Gasteiger charge is -2.22. The maximum atomic E-state index is 5.96. The highest BCUT2D eigenvalue weighted by molar-refractivity contribution is 14.0. The lowest BCUT2D eigenvalue weighted by atomic mass is 10.2. The summed E-state index contributed by atoms with van der Waals surface area (Å²) in [6.07, 6.45) is 3.42. The van der Waals surface area contributed by atoms with Gasteiger partial charge in [0.05, 0.1) is 0 Å². The van der Waals surface area contributed by atoms with Crippen LogP contribution in [0.2, 0.25) is 5.02 Å². The van der Waals surface area contributed by atoms with Crippen LogP contribution in [0.15, 0.2) is 29.3 Å². The fourth-order valence-corrected chi connectivity index (χ4v) is 3.17. The minimum absolute atomic E-state index is 0. The van der Waals surface area contributed by atoms with Crippen molar-refractivity contribution in [1.29, 1.82) is 0 Å². The monoisotopic (exact) mass is 488 g/mol. The largest absolute Gasteiger partial charge is 0.357 e. The number of aryl methyl sites for hydroxylation is 1. The topological polar surface area (TPSA) is 58.3 Å². The third kappa shape index (κ3) is 5.33. The molecule has 1 aromatic heterocycles. The van der Waals surface area contributed by atoms with E-state index in [1.165, 1.54) is 18.4 Å². The van der Waals surface area contributed by atoms with Crippen molar-refractivity contribution >= 4 is 41.5 Å². The molecule has 26 heavy (non-hydrogen) atoms. The summed E-state index contributed by atoms with van der Waals surface area (Å²) in [4.78, 5) is 6.87. The standard InChI is InChI=1S/C18H25ClN6.HI/c1-3-20-18(24(2)13-14-7-9-15(19)10-8-14)21-12-17-23-22-16-6-4-5-11-25(16)17;/h7-10H,3-6,11-13H2,1-2H3,(H,20,21);1H. The number of benzene rings is 1. The Morgan fingerprint density at radius 3 is 2.77 bits per heavy atom. The summed E-state index contributed by atoms with van der Waals surface area (Å²) >= 11 is 5.96. The zero-order valence-corrected chi connectivity index (χ0v) is 18.4. The van der Waals surface area contributed by atoms with Gasteiger partial charge in [-0.05, 0) is 37.5 Å². The lowest BCUT2D eigenvalue weighted by molar-refractivity contribution is 0.474. The molecule has 142 valence electrons. The van der Waals surface area contributed by atoms with E-state index in [-0.39, 0.29) is 24.0 Å². The van der Waals surface area contributed by atoms with Gasteiger partial charge in [0.1, 0.15) is 12.4 Å². The van der Waals surface area contributed by atoms with Crippen molar-refractivity contribution in [1.82, 2.24) is 25.0 Å². The number of nitrogens with zero attached hydrogens (tertiary/aromatic N) is 5. The summed E-state index contributed by atoms with van der Waals surface area (Å²) in [5.74, 6) is 2.91. The maximum Gasteiger partial charge on any atom is 0.194 e. The molecule has 0 radical (unpaired) electrons. The summed E-state index contributed by atoms with van der Waals surface area (Å²) in [6.45, 7) is 5.21. The minimum Gasteiger partial charge on any atom is -0.357 e. The molecule has 0 spiro atoms. The summed E-state index contributed by atoms with van der Waals surface area (Å²) in [5.41, 5.74) is 1.19. The Morgan fingerprint density at radius 2 is 2.04 bits per heavy atom. The van der Waals surface area contributed by atoms with Crippen molar-refractivity contribution in [3.8, 4) is 0 Å². The van der Waals surface area contributed by atoms with Crippen molar-refractivity contribution in [2.75, 3.05) is 13.6 Å². The molecule has 0 bridgehead atoms. The van der Waals surface area contributed by atoms with Gasteiger partial charge < -0.3 is 14.8 Å². The van der Waals surface area contributed by atoms with Crippen LogP contribution in [-0.4, -0.2) is 39.2 Å². The van der Waals surface area contributed by atoms with Crippen LogP contribution in [0.5, 0.6) is 0 Å². The van der Waals surface area contributed by atoms with Crippen LogP contribution in [-0.2, 0) is 26.1 Å². The molecule has 8 heteroatoms. The molecular weight excluding hydrogens is 463 g/mol. The lowest BCUT2D eigenvalue weighted by Crippen LogP contribution is -2.38. The zero-order chi connectivity index (χ0) is 17.6. The van der Waals surface area contributed by atoms with Crippen LogP contribution in [0.1, 0.15) is 37.0 Å². The predicted molar refractivity (Wildman–Crippen MR) is 116 cm³/mol. The van der Waals surface area contributed by atoms with Crippen LogP contribution >= 0.6 is 35.6 Å². The second kappa shape index (κ2) is 10.1. The Labute approximate surface area is 177 Å². The van der Waals surface area contributed by atoms with Crippen LogP contribution in [0.3, 0.4) is 0 Å². The Morgan fingerprint density at radius 1 is 1.27 bits per heavy atom. The first-order valence-electron chi connectivity index (χ1n) is 8.82. The number of rotatable bonds is 5. The molecule has 3 rings (SSSR count). The quantitative estimate of drug-likeness (QED) is 0.398. The summed E-state index contributed by atoms with van der Waals surface area (Å²) < 4.78 is 2.22. The van der Waals surface area contributed by atoms with Crippen molar-refractivity contribution in [2.24, 2.45) is 4.99 Å². The first-order chi connectivity index (χ1) is 12.2. The van der Waals surface area contributed by atoms with Gasteiger partial charge in [-0.25, -0.2) is 4.99 Å². The number of hydrogen-bond acceptors (Lipinski definition) is 3. The molecule has 1 aromatic carbocycles. The smallest absolute Gasteiger partial charge is 0.194 e. The van der Waals surface area contributed by atoms with E-state index < -0.39 is 0 Å². The number of guanidine groups is 1. The molecule has 0 fully saturated rings. The normalized spacial score (nSPS) is 13.7. The molecule has 0 amide bonds. The fraction of sp³-hybridized carbons (Fsp3) is 0.500. The van der Waals surface area contributed by atoms with Gasteiger partial charge in [-0.2, -0.15) is 0 Å². The third-order valence-electron chi connectivity index (χ3n) is 4.34. The molecule has 2 aromatic rings. The van der Waals surface area contributed by atoms with E-state index in [0.717, 1.165) is 48.7 Å². The van der Waals surface area contributed by atoms with Crippen LogP contribution in [0.4, 0.5) is 0 Å². The van der Waals surface area contributed by atoms with E-state index in [2.05, 4.69) is 31.9 Å². The number of fused-ring (bicyclic) bond motifs is 1. The summed E-state index contributed by atoms with van der Waals surface area (Å²) in [7, 11) is 2.04. The maximum absolute atomic E-state index is 5.96. The Balaban J connectivity index is 0.00000243. The third-order valence-corrected chi connectivity index (χ3v) is 4.59. The summed E-state index contributed by atoms with van der Waals surface area (Å²) in [6, 6.07) is 7.91. The molecule has 1 N–H and O–H groups in total. The number of nitrogens with one attached hydrogen (secondary N) is 1. The van der Waals surface area contributed by atoms with Crippen LogP contribution < -0.4 is 5.32 Å². The zero-order valence-electron chi connectivity index (χ0n) is 15.3. The molecule has 1 aliphatic heterocycles. The van der Waals surface area contributed by atoms with Gasteiger partial charge in [0.15, 0.2) is 11.8 Å². The highest BCUT2D eigenvalue weighted by Crippen LogP contribution is 2.15. The highest BCUT2D eigenvalue weighted by atomic mass is 127. The van der Waals surface area contributed by atoms with Gasteiger partial charge in [0.25, 0.3) is 0 Å². The number of aliphatic imine (C=N–C) groups is 1. The number of aromatic nitrogens is 3. The molecule has 0 aliphatic carbocycles. The average molecular weight is 489 g/mol. The Kier molecular flexibility index (Phi) is 8.15. The molecular formula is C18H26ClIN6. The van der Waals surface area contributed by atoms with E-state index >= 15 is 0 Å². The van der Waals surface area contributed by atoms with E-state index in [9.17, 15) is 0 Å². The van der Waals surface area contributed by atoms with E-state index in [1.54, 1.807) is 0 Å². The minimum atomic E-state index is 0. The van der Waals surface area contributed by atoms with Crippen LogP contribution in [0.25, 0.3) is 0 Å². The first kappa shape index (κ1) is 21.0. The molecule has 1 aliphatic rings. The molecule has 6 nitrogen and oxygen atoms in total. The van der Waals surface area contributed by atoms with Gasteiger partial charge in [-0.1, -0.05) is 23.7 Å². The van der Waals surface area contributed by atoms with Gasteiger partial charge >= 0.3 is 0 Å². The van der Waals surface area contributed by atoms with Crippen molar-refractivity contribution in [3.63, 3.8) is 0 Å². The van der Waals surface area contributed by atoms with Gasteiger partial charge in [0, 0.05) is 38.1 Å². The highest BCUT2D eigenvalue weighted by Gasteiger charge is 2.15. The summed E-state index contributed by atoms with van der Waals surface area (Å²) in [5, 5.41) is 12.7. The molecule has 0 unspecified atom stereocenters. The molecule has 0 saturated heterocycles. The van der Waals surface area contributed by atoms with E-state index in [1.807, 2.05) is 31.3 Å².